The van der Waals surface area contributed by atoms with Crippen molar-refractivity contribution in [1.29, 1.82) is 0 Å². The van der Waals surface area contributed by atoms with Crippen LogP contribution in [0, 0.1) is 5.92 Å². The lowest BCUT2D eigenvalue weighted by Gasteiger charge is -2.16. The van der Waals surface area contributed by atoms with E-state index in [9.17, 15) is 9.59 Å². The van der Waals surface area contributed by atoms with Gasteiger partial charge in [-0.15, -0.1) is 0 Å². The minimum absolute atomic E-state index is 0.0194. The Morgan fingerprint density at radius 1 is 1.30 bits per heavy atom. The molecule has 3 rings (SSSR count). The topological polar surface area (TPSA) is 80.1 Å². The third kappa shape index (κ3) is 3.56. The van der Waals surface area contributed by atoms with E-state index >= 15 is 0 Å². The minimum atomic E-state index is -0.176. The number of aryl methyl sites for hydroxylation is 1. The van der Waals surface area contributed by atoms with Crippen LogP contribution < -0.4 is 5.32 Å². The Balaban J connectivity index is 1.50. The number of aromatic nitrogens is 3. The van der Waals surface area contributed by atoms with Gasteiger partial charge < -0.3 is 10.2 Å². The fourth-order valence-corrected chi connectivity index (χ4v) is 2.72. The maximum Gasteiger partial charge on any atom is 0.271 e. The summed E-state index contributed by atoms with van der Waals surface area (Å²) in [5, 5.41) is 6.96. The molecule has 3 heterocycles. The van der Waals surface area contributed by atoms with Crippen LogP contribution in [0.3, 0.4) is 0 Å². The summed E-state index contributed by atoms with van der Waals surface area (Å²) in [6.45, 7) is 1.92. The lowest BCUT2D eigenvalue weighted by molar-refractivity contribution is 0.0787. The highest BCUT2D eigenvalue weighted by Gasteiger charge is 2.27. The molecule has 1 saturated heterocycles. The van der Waals surface area contributed by atoms with Crippen molar-refractivity contribution < 1.29 is 9.59 Å². The minimum Gasteiger partial charge on any atom is -0.350 e. The summed E-state index contributed by atoms with van der Waals surface area (Å²) in [5.74, 6) is 0.115. The summed E-state index contributed by atoms with van der Waals surface area (Å²) in [6.07, 6.45) is 5.86. The second-order valence-corrected chi connectivity index (χ2v) is 5.73. The van der Waals surface area contributed by atoms with Gasteiger partial charge in [0.25, 0.3) is 11.8 Å². The number of rotatable bonds is 4. The molecular formula is C16H19N5O2. The first-order valence-electron chi connectivity index (χ1n) is 7.60. The van der Waals surface area contributed by atoms with E-state index in [1.807, 2.05) is 4.90 Å². The van der Waals surface area contributed by atoms with Crippen molar-refractivity contribution >= 4 is 11.8 Å². The van der Waals surface area contributed by atoms with Crippen LogP contribution >= 0.6 is 0 Å². The second-order valence-electron chi connectivity index (χ2n) is 5.73. The molecule has 1 N–H and O–H groups in total. The number of carbonyl (C=O) groups excluding carboxylic acids is 2. The quantitative estimate of drug-likeness (QED) is 0.901. The van der Waals surface area contributed by atoms with Crippen molar-refractivity contribution in [2.75, 3.05) is 19.6 Å². The number of pyridine rings is 1. The number of carbonyl (C=O) groups is 2. The second kappa shape index (κ2) is 6.60. The normalized spacial score (nSPS) is 17.3. The van der Waals surface area contributed by atoms with E-state index in [4.69, 9.17) is 0 Å². The smallest absolute Gasteiger partial charge is 0.271 e. The maximum absolute atomic E-state index is 12.4. The summed E-state index contributed by atoms with van der Waals surface area (Å²) in [5.41, 5.74) is 1.06. The zero-order chi connectivity index (χ0) is 16.2. The van der Waals surface area contributed by atoms with Gasteiger partial charge in [-0.1, -0.05) is 0 Å². The number of nitrogens with zero attached hydrogens (tertiary/aromatic N) is 4. The highest BCUT2D eigenvalue weighted by Crippen LogP contribution is 2.18. The maximum atomic E-state index is 12.4. The van der Waals surface area contributed by atoms with E-state index in [0.717, 1.165) is 6.42 Å². The van der Waals surface area contributed by atoms with Crippen molar-refractivity contribution in [2.24, 2.45) is 13.0 Å². The van der Waals surface area contributed by atoms with Crippen molar-refractivity contribution in [3.8, 4) is 0 Å². The van der Waals surface area contributed by atoms with Crippen molar-refractivity contribution in [3.63, 3.8) is 0 Å². The SMILES string of the molecule is Cn1ccc(C(=O)NCC2CCN(C(=O)c3ccncc3)C2)n1. The molecule has 1 aliphatic heterocycles. The van der Waals surface area contributed by atoms with Crippen LogP contribution in [0.5, 0.6) is 0 Å². The summed E-state index contributed by atoms with van der Waals surface area (Å²) in [7, 11) is 1.77. The highest BCUT2D eigenvalue weighted by molar-refractivity contribution is 5.94. The van der Waals surface area contributed by atoms with E-state index in [1.165, 1.54) is 0 Å². The first-order valence-corrected chi connectivity index (χ1v) is 7.60. The molecule has 2 aromatic rings. The molecule has 7 nitrogen and oxygen atoms in total. The first-order chi connectivity index (χ1) is 11.1. The Morgan fingerprint density at radius 3 is 2.78 bits per heavy atom. The molecule has 0 aliphatic carbocycles. The lowest BCUT2D eigenvalue weighted by Crippen LogP contribution is -2.33. The zero-order valence-electron chi connectivity index (χ0n) is 13.0. The molecule has 1 unspecified atom stereocenters. The van der Waals surface area contributed by atoms with Crippen LogP contribution in [0.1, 0.15) is 27.3 Å². The monoisotopic (exact) mass is 313 g/mol. The van der Waals surface area contributed by atoms with Crippen molar-refractivity contribution in [1.82, 2.24) is 25.0 Å². The summed E-state index contributed by atoms with van der Waals surface area (Å²) >= 11 is 0. The fraction of sp³-hybridized carbons (Fsp3) is 0.375. The Hall–Kier alpha value is -2.70. The molecule has 0 radical (unpaired) electrons. The molecule has 7 heteroatoms. The zero-order valence-corrected chi connectivity index (χ0v) is 13.0. The third-order valence-electron chi connectivity index (χ3n) is 4.00. The molecule has 0 spiro atoms. The van der Waals surface area contributed by atoms with Crippen LogP contribution in [-0.4, -0.2) is 51.1 Å². The van der Waals surface area contributed by atoms with E-state index in [0.29, 0.717) is 30.9 Å². The molecule has 1 fully saturated rings. The van der Waals surface area contributed by atoms with Crippen LogP contribution in [0.4, 0.5) is 0 Å². The lowest BCUT2D eigenvalue weighted by atomic mass is 10.1. The predicted octanol–water partition coefficient (Wildman–Crippen LogP) is 0.707. The summed E-state index contributed by atoms with van der Waals surface area (Å²) in [6, 6.07) is 5.13. The third-order valence-corrected chi connectivity index (χ3v) is 4.00. The number of likely N-dealkylation sites (tertiary alicyclic amines) is 1. The largest absolute Gasteiger partial charge is 0.350 e. The number of hydrogen-bond donors (Lipinski definition) is 1. The van der Waals surface area contributed by atoms with E-state index in [2.05, 4.69) is 15.4 Å². The molecule has 1 aliphatic rings. The summed E-state index contributed by atoms with van der Waals surface area (Å²) < 4.78 is 1.60. The van der Waals surface area contributed by atoms with Crippen molar-refractivity contribution in [2.45, 2.75) is 6.42 Å². The van der Waals surface area contributed by atoms with Gasteiger partial charge in [-0.25, -0.2) is 0 Å². The van der Waals surface area contributed by atoms with E-state index in [1.54, 1.807) is 48.5 Å². The number of hydrogen-bond acceptors (Lipinski definition) is 4. The Bertz CT molecular complexity index is 698. The predicted molar refractivity (Wildman–Crippen MR) is 83.8 cm³/mol. The molecule has 0 aromatic carbocycles. The Kier molecular flexibility index (Phi) is 4.36. The van der Waals surface area contributed by atoms with E-state index in [-0.39, 0.29) is 17.7 Å². The Morgan fingerprint density at radius 2 is 2.09 bits per heavy atom. The average molecular weight is 313 g/mol. The fourth-order valence-electron chi connectivity index (χ4n) is 2.72. The van der Waals surface area contributed by atoms with Gasteiger partial charge in [0, 0.05) is 50.8 Å². The van der Waals surface area contributed by atoms with Gasteiger partial charge in [0.05, 0.1) is 0 Å². The number of amides is 2. The average Bonchev–Trinajstić information content (AvgIpc) is 3.22. The molecule has 23 heavy (non-hydrogen) atoms. The van der Waals surface area contributed by atoms with Crippen LogP contribution in [-0.2, 0) is 7.05 Å². The van der Waals surface area contributed by atoms with Crippen LogP contribution in [0.15, 0.2) is 36.8 Å². The van der Waals surface area contributed by atoms with Gasteiger partial charge >= 0.3 is 0 Å². The summed E-state index contributed by atoms with van der Waals surface area (Å²) in [4.78, 5) is 30.1. The Labute approximate surface area is 134 Å². The number of nitrogens with one attached hydrogen (secondary N) is 1. The molecule has 0 bridgehead atoms. The van der Waals surface area contributed by atoms with Gasteiger partial charge in [0.15, 0.2) is 0 Å². The van der Waals surface area contributed by atoms with Gasteiger partial charge in [-0.2, -0.15) is 5.10 Å². The van der Waals surface area contributed by atoms with E-state index < -0.39 is 0 Å². The molecule has 120 valence electrons. The molecule has 2 amide bonds. The van der Waals surface area contributed by atoms with Crippen molar-refractivity contribution in [3.05, 3.63) is 48.0 Å². The van der Waals surface area contributed by atoms with Crippen LogP contribution in [0.25, 0.3) is 0 Å². The van der Waals surface area contributed by atoms with Gasteiger partial charge in [-0.05, 0) is 30.5 Å². The molecule has 2 aromatic heterocycles. The van der Waals surface area contributed by atoms with Gasteiger partial charge in [0.1, 0.15) is 5.69 Å². The standard InChI is InChI=1S/C16H19N5O2/c1-20-8-5-14(19-20)15(22)18-10-12-4-9-21(11-12)16(23)13-2-6-17-7-3-13/h2-3,5-8,12H,4,9-11H2,1H3,(H,18,22). The molecule has 1 atom stereocenters. The molecule has 0 saturated carbocycles. The first kappa shape index (κ1) is 15.2. The van der Waals surface area contributed by atoms with Gasteiger partial charge in [-0.3, -0.25) is 19.3 Å². The van der Waals surface area contributed by atoms with Crippen LogP contribution in [0.2, 0.25) is 0 Å². The molecular weight excluding hydrogens is 294 g/mol. The highest BCUT2D eigenvalue weighted by atomic mass is 16.2. The van der Waals surface area contributed by atoms with Gasteiger partial charge in [0.2, 0.25) is 0 Å².